The predicted octanol–water partition coefficient (Wildman–Crippen LogP) is 4.12. The number of benzene rings is 2. The van der Waals surface area contributed by atoms with Crippen LogP contribution in [0.15, 0.2) is 42.5 Å². The average Bonchev–Trinajstić information content (AvgIpc) is 3.17. The Balaban J connectivity index is 1.65. The van der Waals surface area contributed by atoms with Gasteiger partial charge in [-0.05, 0) is 64.2 Å². The van der Waals surface area contributed by atoms with E-state index in [1.54, 1.807) is 18.2 Å². The van der Waals surface area contributed by atoms with Gasteiger partial charge in [0.1, 0.15) is 17.1 Å². The summed E-state index contributed by atoms with van der Waals surface area (Å²) in [5.41, 5.74) is 3.59. The second kappa shape index (κ2) is 8.15. The normalized spacial score (nSPS) is 16.1. The van der Waals surface area contributed by atoms with Gasteiger partial charge >= 0.3 is 0 Å². The number of hydrogen-bond donors (Lipinski definition) is 1. The van der Waals surface area contributed by atoms with Gasteiger partial charge in [-0.15, -0.1) is 0 Å². The summed E-state index contributed by atoms with van der Waals surface area (Å²) < 4.78 is 13.8. The highest BCUT2D eigenvalue weighted by Crippen LogP contribution is 2.50. The number of carbonyl (C=O) groups excluding carboxylic acids is 2. The highest BCUT2D eigenvalue weighted by molar-refractivity contribution is 6.00. The molecule has 0 bridgehead atoms. The van der Waals surface area contributed by atoms with Crippen molar-refractivity contribution in [2.24, 2.45) is 0 Å². The molecule has 0 unspecified atom stereocenters. The van der Waals surface area contributed by atoms with E-state index in [0.717, 1.165) is 54.2 Å². The van der Waals surface area contributed by atoms with Crippen LogP contribution in [0.25, 0.3) is 11.3 Å². The van der Waals surface area contributed by atoms with E-state index in [4.69, 9.17) is 14.6 Å². The van der Waals surface area contributed by atoms with Crippen LogP contribution < -0.4 is 14.8 Å². The molecule has 1 aromatic heterocycles. The van der Waals surface area contributed by atoms with Gasteiger partial charge in [-0.25, -0.2) is 0 Å². The third-order valence-corrected chi connectivity index (χ3v) is 6.31. The summed E-state index contributed by atoms with van der Waals surface area (Å²) in [6.07, 6.45) is 2.23. The van der Waals surface area contributed by atoms with Gasteiger partial charge in [0.25, 0.3) is 5.91 Å². The Labute approximate surface area is 192 Å². The molecule has 5 rings (SSSR count). The SMILES string of the molecule is Cc1nn(C(=O)c2ccc(OC(C)C)c(C=O)c2)c2c1C1(CCNCC1)Oc1ccccc1-2. The average molecular weight is 446 g/mol. The maximum atomic E-state index is 13.7. The van der Waals surface area contributed by atoms with Gasteiger partial charge in [-0.1, -0.05) is 12.1 Å². The number of fused-ring (bicyclic) bond motifs is 4. The van der Waals surface area contributed by atoms with Crippen molar-refractivity contribution in [2.45, 2.75) is 45.3 Å². The number of aromatic nitrogens is 2. The molecule has 0 atom stereocenters. The summed E-state index contributed by atoms with van der Waals surface area (Å²) in [6, 6.07) is 12.7. The first-order valence-electron chi connectivity index (χ1n) is 11.3. The zero-order valence-electron chi connectivity index (χ0n) is 19.1. The second-order valence-electron chi connectivity index (χ2n) is 8.91. The van der Waals surface area contributed by atoms with Crippen LogP contribution >= 0.6 is 0 Å². The second-order valence-corrected chi connectivity index (χ2v) is 8.91. The Hall–Kier alpha value is -3.45. The van der Waals surface area contributed by atoms with Crippen LogP contribution in [0.1, 0.15) is 58.7 Å². The maximum Gasteiger partial charge on any atom is 0.278 e. The van der Waals surface area contributed by atoms with Crippen molar-refractivity contribution in [3.63, 3.8) is 0 Å². The van der Waals surface area contributed by atoms with Crippen molar-refractivity contribution in [1.82, 2.24) is 15.1 Å². The van der Waals surface area contributed by atoms with E-state index in [1.165, 1.54) is 4.68 Å². The first kappa shape index (κ1) is 21.4. The molecule has 7 nitrogen and oxygen atoms in total. The van der Waals surface area contributed by atoms with Crippen molar-refractivity contribution in [3.8, 4) is 22.8 Å². The number of hydrogen-bond acceptors (Lipinski definition) is 6. The van der Waals surface area contributed by atoms with Crippen molar-refractivity contribution >= 4 is 12.2 Å². The lowest BCUT2D eigenvalue weighted by atomic mass is 9.80. The van der Waals surface area contributed by atoms with E-state index < -0.39 is 5.60 Å². The summed E-state index contributed by atoms with van der Waals surface area (Å²) in [7, 11) is 0. The molecular formula is C26H27N3O4. The molecule has 2 aliphatic rings. The van der Waals surface area contributed by atoms with Gasteiger partial charge in [0.15, 0.2) is 6.29 Å². The number of nitrogens with zero attached hydrogens (tertiary/aromatic N) is 2. The molecule has 1 fully saturated rings. The van der Waals surface area contributed by atoms with E-state index in [-0.39, 0.29) is 12.0 Å². The highest BCUT2D eigenvalue weighted by Gasteiger charge is 2.46. The monoisotopic (exact) mass is 445 g/mol. The summed E-state index contributed by atoms with van der Waals surface area (Å²) in [4.78, 5) is 25.4. The number of aldehydes is 1. The fourth-order valence-corrected chi connectivity index (χ4v) is 4.92. The number of carbonyl (C=O) groups is 2. The van der Waals surface area contributed by atoms with E-state index in [9.17, 15) is 9.59 Å². The van der Waals surface area contributed by atoms with Crippen LogP contribution in [0.5, 0.6) is 11.5 Å². The van der Waals surface area contributed by atoms with Gasteiger partial charge in [-0.3, -0.25) is 9.59 Å². The maximum absolute atomic E-state index is 13.7. The van der Waals surface area contributed by atoms with Crippen LogP contribution in [0.4, 0.5) is 0 Å². The largest absolute Gasteiger partial charge is 0.490 e. The minimum Gasteiger partial charge on any atom is -0.490 e. The Morgan fingerprint density at radius 3 is 2.70 bits per heavy atom. The minimum absolute atomic E-state index is 0.0799. The number of aryl methyl sites for hydroxylation is 1. The first-order valence-corrected chi connectivity index (χ1v) is 11.3. The third kappa shape index (κ3) is 3.53. The molecular weight excluding hydrogens is 418 g/mol. The quantitative estimate of drug-likeness (QED) is 0.609. The molecule has 0 saturated carbocycles. The molecule has 0 aliphatic carbocycles. The Kier molecular flexibility index (Phi) is 5.29. The van der Waals surface area contributed by atoms with E-state index in [1.807, 2.05) is 45.0 Å². The third-order valence-electron chi connectivity index (χ3n) is 6.31. The van der Waals surface area contributed by atoms with E-state index in [0.29, 0.717) is 23.2 Å². The van der Waals surface area contributed by atoms with E-state index in [2.05, 4.69) is 5.32 Å². The molecule has 33 heavy (non-hydrogen) atoms. The smallest absolute Gasteiger partial charge is 0.278 e. The lowest BCUT2D eigenvalue weighted by Crippen LogP contribution is -2.46. The lowest BCUT2D eigenvalue weighted by molar-refractivity contribution is 0.0301. The fraction of sp³-hybridized carbons (Fsp3) is 0.346. The minimum atomic E-state index is -0.513. The highest BCUT2D eigenvalue weighted by atomic mass is 16.5. The molecule has 2 aliphatic heterocycles. The molecule has 1 N–H and O–H groups in total. The van der Waals surface area contributed by atoms with Crippen LogP contribution in [0.3, 0.4) is 0 Å². The Bertz CT molecular complexity index is 1240. The fourth-order valence-electron chi connectivity index (χ4n) is 4.92. The molecule has 3 aromatic rings. The van der Waals surface area contributed by atoms with Crippen molar-refractivity contribution < 1.29 is 19.1 Å². The van der Waals surface area contributed by atoms with Gasteiger partial charge in [0.05, 0.1) is 23.1 Å². The summed E-state index contributed by atoms with van der Waals surface area (Å²) in [6.45, 7) is 7.38. The Morgan fingerprint density at radius 2 is 1.97 bits per heavy atom. The topological polar surface area (TPSA) is 82.5 Å². The van der Waals surface area contributed by atoms with Crippen molar-refractivity contribution in [3.05, 3.63) is 64.8 Å². The predicted molar refractivity (Wildman–Crippen MR) is 124 cm³/mol. The van der Waals surface area contributed by atoms with Crippen LogP contribution in [0, 0.1) is 6.92 Å². The lowest BCUT2D eigenvalue weighted by Gasteiger charge is -2.42. The van der Waals surface area contributed by atoms with Crippen LogP contribution in [0.2, 0.25) is 0 Å². The van der Waals surface area contributed by atoms with E-state index >= 15 is 0 Å². The van der Waals surface area contributed by atoms with Gasteiger partial charge in [0, 0.05) is 29.5 Å². The first-order chi connectivity index (χ1) is 15.9. The van der Waals surface area contributed by atoms with Crippen LogP contribution in [-0.4, -0.2) is 41.2 Å². The standard InChI is InChI=1S/C26H27N3O4/c1-16(2)32-21-9-8-18(14-19(21)15-30)25(31)29-24-20-6-4-5-7-22(20)33-26(10-12-27-13-11-26)23(24)17(3)28-29/h4-9,14-16,27H,10-13H2,1-3H3. The molecule has 7 heteroatoms. The number of rotatable bonds is 4. The zero-order valence-corrected chi connectivity index (χ0v) is 19.1. The number of ether oxygens (including phenoxy) is 2. The summed E-state index contributed by atoms with van der Waals surface area (Å²) in [5, 5.41) is 8.09. The molecule has 170 valence electrons. The Morgan fingerprint density at radius 1 is 1.21 bits per heavy atom. The van der Waals surface area contributed by atoms with Crippen molar-refractivity contribution in [1.29, 1.82) is 0 Å². The van der Waals surface area contributed by atoms with Crippen LogP contribution in [-0.2, 0) is 5.60 Å². The molecule has 0 amide bonds. The number of nitrogens with one attached hydrogen (secondary N) is 1. The molecule has 1 spiro atoms. The number of para-hydroxylation sites is 1. The van der Waals surface area contributed by atoms with Gasteiger partial charge in [-0.2, -0.15) is 9.78 Å². The van der Waals surface area contributed by atoms with Crippen molar-refractivity contribution in [2.75, 3.05) is 13.1 Å². The van der Waals surface area contributed by atoms with Gasteiger partial charge < -0.3 is 14.8 Å². The molecule has 2 aromatic carbocycles. The van der Waals surface area contributed by atoms with Gasteiger partial charge in [0.2, 0.25) is 0 Å². The molecule has 0 radical (unpaired) electrons. The molecule has 3 heterocycles. The summed E-state index contributed by atoms with van der Waals surface area (Å²) in [5.74, 6) is 0.928. The summed E-state index contributed by atoms with van der Waals surface area (Å²) >= 11 is 0. The zero-order chi connectivity index (χ0) is 23.2. The number of piperidine rings is 1. The molecule has 1 saturated heterocycles.